The number of anilines is 2. The van der Waals surface area contributed by atoms with Crippen LogP contribution in [-0.2, 0) is 0 Å². The highest BCUT2D eigenvalue weighted by Crippen LogP contribution is 2.30. The third kappa shape index (κ3) is 4.52. The average molecular weight is 282 g/mol. The van der Waals surface area contributed by atoms with Crippen molar-refractivity contribution in [1.82, 2.24) is 0 Å². The van der Waals surface area contributed by atoms with Gasteiger partial charge in [-0.25, -0.2) is 0 Å². The first-order chi connectivity index (χ1) is 10.1. The highest BCUT2D eigenvalue weighted by molar-refractivity contribution is 5.80. The lowest BCUT2D eigenvalue weighted by atomic mass is 10.0. The fourth-order valence-electron chi connectivity index (χ4n) is 2.47. The standard InChI is InChI=1S/C19H26N2/c1-14(2)9-10-15(3)21-19-12-11-17(20)13-18(19)16-7-5-4-6-8-16/h4-8,11-15,21H,9-10,20H2,1-3H3. The van der Waals surface area contributed by atoms with Gasteiger partial charge in [0.15, 0.2) is 0 Å². The van der Waals surface area contributed by atoms with Crippen molar-refractivity contribution >= 4 is 11.4 Å². The fraction of sp³-hybridized carbons (Fsp3) is 0.368. The lowest BCUT2D eigenvalue weighted by molar-refractivity contribution is 0.528. The van der Waals surface area contributed by atoms with Gasteiger partial charge in [0.25, 0.3) is 0 Å². The molecule has 0 saturated heterocycles. The van der Waals surface area contributed by atoms with Crippen LogP contribution in [0.3, 0.4) is 0 Å². The summed E-state index contributed by atoms with van der Waals surface area (Å²) >= 11 is 0. The van der Waals surface area contributed by atoms with E-state index >= 15 is 0 Å². The van der Waals surface area contributed by atoms with Crippen molar-refractivity contribution in [2.45, 2.75) is 39.7 Å². The molecule has 3 N–H and O–H groups in total. The maximum absolute atomic E-state index is 5.97. The molecule has 1 atom stereocenters. The van der Waals surface area contributed by atoms with Gasteiger partial charge in [0.2, 0.25) is 0 Å². The van der Waals surface area contributed by atoms with Crippen molar-refractivity contribution in [2.75, 3.05) is 11.1 Å². The van der Waals surface area contributed by atoms with Gasteiger partial charge in [0, 0.05) is 23.0 Å². The molecule has 0 aromatic heterocycles. The first kappa shape index (κ1) is 15.4. The quantitative estimate of drug-likeness (QED) is 0.717. The molecule has 0 aliphatic heterocycles. The van der Waals surface area contributed by atoms with Crippen molar-refractivity contribution in [2.24, 2.45) is 5.92 Å². The normalized spacial score (nSPS) is 12.4. The van der Waals surface area contributed by atoms with Gasteiger partial charge in [0.05, 0.1) is 0 Å². The van der Waals surface area contributed by atoms with E-state index in [-0.39, 0.29) is 0 Å². The van der Waals surface area contributed by atoms with Crippen molar-refractivity contribution in [3.05, 3.63) is 48.5 Å². The third-order valence-corrected chi connectivity index (χ3v) is 3.71. The highest BCUT2D eigenvalue weighted by atomic mass is 14.9. The van der Waals surface area contributed by atoms with Crippen LogP contribution in [0.25, 0.3) is 11.1 Å². The Morgan fingerprint density at radius 3 is 2.33 bits per heavy atom. The van der Waals surface area contributed by atoms with Crippen LogP contribution in [0.1, 0.15) is 33.6 Å². The molecule has 112 valence electrons. The summed E-state index contributed by atoms with van der Waals surface area (Å²) in [5.41, 5.74) is 10.3. The van der Waals surface area contributed by atoms with E-state index < -0.39 is 0 Å². The summed E-state index contributed by atoms with van der Waals surface area (Å²) in [6, 6.07) is 17.0. The summed E-state index contributed by atoms with van der Waals surface area (Å²) in [6.07, 6.45) is 2.42. The number of nitrogens with two attached hydrogens (primary N) is 1. The summed E-state index contributed by atoms with van der Waals surface area (Å²) in [6.45, 7) is 6.78. The Labute approximate surface area is 128 Å². The van der Waals surface area contributed by atoms with Gasteiger partial charge >= 0.3 is 0 Å². The van der Waals surface area contributed by atoms with Crippen LogP contribution in [0.5, 0.6) is 0 Å². The van der Waals surface area contributed by atoms with Crippen molar-refractivity contribution in [1.29, 1.82) is 0 Å². The van der Waals surface area contributed by atoms with Crippen LogP contribution in [0.2, 0.25) is 0 Å². The number of nitrogen functional groups attached to an aromatic ring is 1. The summed E-state index contributed by atoms with van der Waals surface area (Å²) in [5.74, 6) is 0.745. The highest BCUT2D eigenvalue weighted by Gasteiger charge is 2.09. The molecule has 2 rings (SSSR count). The topological polar surface area (TPSA) is 38.0 Å². The molecule has 2 aromatic rings. The van der Waals surface area contributed by atoms with Crippen LogP contribution in [0.15, 0.2) is 48.5 Å². The second-order valence-corrected chi connectivity index (χ2v) is 6.19. The smallest absolute Gasteiger partial charge is 0.0423 e. The molecule has 0 heterocycles. The second-order valence-electron chi connectivity index (χ2n) is 6.19. The monoisotopic (exact) mass is 282 g/mol. The number of hydrogen-bond acceptors (Lipinski definition) is 2. The summed E-state index contributed by atoms with van der Waals surface area (Å²) in [4.78, 5) is 0. The number of nitrogens with one attached hydrogen (secondary N) is 1. The zero-order chi connectivity index (χ0) is 15.2. The fourth-order valence-corrected chi connectivity index (χ4v) is 2.47. The molecule has 21 heavy (non-hydrogen) atoms. The molecule has 2 aromatic carbocycles. The summed E-state index contributed by atoms with van der Waals surface area (Å²) in [5, 5.41) is 3.64. The number of benzene rings is 2. The van der Waals surface area contributed by atoms with E-state index in [9.17, 15) is 0 Å². The molecule has 0 fully saturated rings. The van der Waals surface area contributed by atoms with E-state index in [1.807, 2.05) is 18.2 Å². The van der Waals surface area contributed by atoms with Crippen molar-refractivity contribution in [3.63, 3.8) is 0 Å². The number of rotatable bonds is 6. The average Bonchev–Trinajstić information content (AvgIpc) is 2.48. The SMILES string of the molecule is CC(C)CCC(C)Nc1ccc(N)cc1-c1ccccc1. The van der Waals surface area contributed by atoms with Gasteiger partial charge in [-0.3, -0.25) is 0 Å². The van der Waals surface area contributed by atoms with Crippen molar-refractivity contribution in [3.8, 4) is 11.1 Å². The summed E-state index contributed by atoms with van der Waals surface area (Å²) < 4.78 is 0. The van der Waals surface area contributed by atoms with E-state index in [1.54, 1.807) is 0 Å². The van der Waals surface area contributed by atoms with Gasteiger partial charge in [-0.05, 0) is 49.4 Å². The van der Waals surface area contributed by atoms with Gasteiger partial charge in [-0.1, -0.05) is 44.2 Å². The van der Waals surface area contributed by atoms with Crippen LogP contribution in [-0.4, -0.2) is 6.04 Å². The molecule has 0 aliphatic rings. The maximum Gasteiger partial charge on any atom is 0.0423 e. The third-order valence-electron chi connectivity index (χ3n) is 3.71. The molecule has 2 heteroatoms. The minimum atomic E-state index is 0.457. The minimum Gasteiger partial charge on any atom is -0.399 e. The molecule has 0 bridgehead atoms. The van der Waals surface area contributed by atoms with E-state index in [0.29, 0.717) is 6.04 Å². The van der Waals surface area contributed by atoms with Crippen LogP contribution < -0.4 is 11.1 Å². The van der Waals surface area contributed by atoms with Crippen LogP contribution >= 0.6 is 0 Å². The van der Waals surface area contributed by atoms with Gasteiger partial charge in [-0.2, -0.15) is 0 Å². The van der Waals surface area contributed by atoms with Gasteiger partial charge in [0.1, 0.15) is 0 Å². The molecule has 0 amide bonds. The van der Waals surface area contributed by atoms with Crippen molar-refractivity contribution < 1.29 is 0 Å². The zero-order valence-corrected chi connectivity index (χ0v) is 13.3. The Bertz CT molecular complexity index is 561. The second kappa shape index (κ2) is 7.16. The van der Waals surface area contributed by atoms with Gasteiger partial charge in [-0.15, -0.1) is 0 Å². The molecular weight excluding hydrogens is 256 g/mol. The molecule has 0 saturated carbocycles. The maximum atomic E-state index is 5.97. The first-order valence-corrected chi connectivity index (χ1v) is 7.77. The lowest BCUT2D eigenvalue weighted by Gasteiger charge is -2.19. The Hall–Kier alpha value is -1.96. The minimum absolute atomic E-state index is 0.457. The molecule has 0 aliphatic carbocycles. The Kier molecular flexibility index (Phi) is 5.26. The molecule has 1 unspecified atom stereocenters. The molecular formula is C19H26N2. The zero-order valence-electron chi connectivity index (χ0n) is 13.3. The van der Waals surface area contributed by atoms with E-state index in [1.165, 1.54) is 24.0 Å². The Morgan fingerprint density at radius 1 is 0.952 bits per heavy atom. The van der Waals surface area contributed by atoms with Crippen LogP contribution in [0, 0.1) is 5.92 Å². The molecule has 0 radical (unpaired) electrons. The Balaban J connectivity index is 2.20. The molecule has 2 nitrogen and oxygen atoms in total. The van der Waals surface area contributed by atoms with E-state index in [2.05, 4.69) is 56.4 Å². The number of hydrogen-bond donors (Lipinski definition) is 2. The predicted molar refractivity (Wildman–Crippen MR) is 93.4 cm³/mol. The Morgan fingerprint density at radius 2 is 1.67 bits per heavy atom. The van der Waals surface area contributed by atoms with E-state index in [4.69, 9.17) is 5.73 Å². The molecule has 0 spiro atoms. The largest absolute Gasteiger partial charge is 0.399 e. The predicted octanol–water partition coefficient (Wildman–Crippen LogP) is 5.17. The van der Waals surface area contributed by atoms with E-state index in [0.717, 1.165) is 17.3 Å². The first-order valence-electron chi connectivity index (χ1n) is 7.77. The lowest BCUT2D eigenvalue weighted by Crippen LogP contribution is -2.16. The van der Waals surface area contributed by atoms with Crippen LogP contribution in [0.4, 0.5) is 11.4 Å². The van der Waals surface area contributed by atoms with Gasteiger partial charge < -0.3 is 11.1 Å². The summed E-state index contributed by atoms with van der Waals surface area (Å²) in [7, 11) is 0.